The Balaban J connectivity index is 1.74. The summed E-state index contributed by atoms with van der Waals surface area (Å²) in [5.41, 5.74) is 8.19. The fraction of sp³-hybridized carbons (Fsp3) is 0.562. The summed E-state index contributed by atoms with van der Waals surface area (Å²) in [5.74, 6) is -0.0700. The van der Waals surface area contributed by atoms with E-state index in [1.54, 1.807) is 0 Å². The average molecular weight is 292 g/mol. The van der Waals surface area contributed by atoms with Gasteiger partial charge in [0.25, 0.3) is 5.91 Å². The van der Waals surface area contributed by atoms with Crippen molar-refractivity contribution in [3.8, 4) is 0 Å². The first-order valence-corrected chi connectivity index (χ1v) is 7.47. The summed E-state index contributed by atoms with van der Waals surface area (Å²) >= 11 is 0. The molecule has 0 radical (unpaired) electrons. The Morgan fingerprint density at radius 1 is 1.43 bits per heavy atom. The summed E-state index contributed by atoms with van der Waals surface area (Å²) in [5, 5.41) is 0. The van der Waals surface area contributed by atoms with Crippen molar-refractivity contribution >= 4 is 5.91 Å². The number of benzene rings is 1. The smallest absolute Gasteiger partial charge is 0.252 e. The first kappa shape index (κ1) is 14.5. The zero-order valence-electron chi connectivity index (χ0n) is 12.2. The number of fused-ring (bicyclic) bond motifs is 1. The van der Waals surface area contributed by atoms with Crippen LogP contribution in [0, 0.1) is 0 Å². The fourth-order valence-electron chi connectivity index (χ4n) is 3.22. The minimum Gasteiger partial charge on any atom is -0.365 e. The van der Waals surface area contributed by atoms with E-state index in [1.807, 2.05) is 24.0 Å². The molecule has 1 saturated heterocycles. The number of ether oxygens (including phenoxy) is 1. The molecule has 2 aliphatic rings. The molecule has 2 heterocycles. The highest BCUT2D eigenvalue weighted by Crippen LogP contribution is 2.30. The molecule has 3 rings (SSSR count). The van der Waals surface area contributed by atoms with E-state index in [4.69, 9.17) is 10.5 Å². The van der Waals surface area contributed by atoms with Gasteiger partial charge in [-0.15, -0.1) is 0 Å². The van der Waals surface area contributed by atoms with Crippen LogP contribution in [-0.4, -0.2) is 42.3 Å². The maximum atomic E-state index is 13.4. The highest BCUT2D eigenvalue weighted by Gasteiger charge is 2.37. The van der Waals surface area contributed by atoms with Gasteiger partial charge < -0.3 is 15.4 Å². The average Bonchev–Trinajstić information content (AvgIpc) is 2.50. The van der Waals surface area contributed by atoms with Crippen molar-refractivity contribution in [3.05, 3.63) is 35.4 Å². The zero-order valence-corrected chi connectivity index (χ0v) is 12.2. The fourth-order valence-corrected chi connectivity index (χ4v) is 3.22. The standard InChI is InChI=1S/C16H21FN2O2/c1-10-12-5-3-2-4-11(12)6-7-19(10)16(20)15-8-14(18)13(17)9-21-15/h2-5,10,13-15H,6-9,18H2,1H3/t10-,13+,14-,15+/m0/s1. The van der Waals surface area contributed by atoms with Gasteiger partial charge in [0, 0.05) is 19.0 Å². The minimum atomic E-state index is -1.17. The summed E-state index contributed by atoms with van der Waals surface area (Å²) in [6.45, 7) is 2.61. The Bertz CT molecular complexity index is 537. The van der Waals surface area contributed by atoms with Crippen molar-refractivity contribution in [1.82, 2.24) is 4.90 Å². The Labute approximate surface area is 124 Å². The van der Waals surface area contributed by atoms with Crippen LogP contribution in [0.15, 0.2) is 24.3 Å². The minimum absolute atomic E-state index is 0.0189. The van der Waals surface area contributed by atoms with Crippen LogP contribution in [-0.2, 0) is 16.0 Å². The summed E-state index contributed by atoms with van der Waals surface area (Å²) in [4.78, 5) is 14.5. The van der Waals surface area contributed by atoms with Crippen molar-refractivity contribution in [1.29, 1.82) is 0 Å². The highest BCUT2D eigenvalue weighted by molar-refractivity contribution is 5.82. The van der Waals surface area contributed by atoms with Crippen molar-refractivity contribution < 1.29 is 13.9 Å². The zero-order chi connectivity index (χ0) is 15.0. The van der Waals surface area contributed by atoms with Gasteiger partial charge in [-0.05, 0) is 24.5 Å². The first-order chi connectivity index (χ1) is 10.1. The van der Waals surface area contributed by atoms with E-state index in [9.17, 15) is 9.18 Å². The number of nitrogens with zero attached hydrogens (tertiary/aromatic N) is 1. The van der Waals surface area contributed by atoms with Crippen LogP contribution in [0.4, 0.5) is 4.39 Å². The number of halogens is 1. The normalized spacial score (nSPS) is 32.6. The van der Waals surface area contributed by atoms with Crippen LogP contribution in [0.5, 0.6) is 0 Å². The molecule has 0 aliphatic carbocycles. The SMILES string of the molecule is C[C@H]1c2ccccc2CCN1C(=O)[C@H]1C[C@H](N)[C@H](F)CO1. The highest BCUT2D eigenvalue weighted by atomic mass is 19.1. The van der Waals surface area contributed by atoms with Gasteiger partial charge in [0.05, 0.1) is 12.6 Å². The topological polar surface area (TPSA) is 55.6 Å². The van der Waals surface area contributed by atoms with Gasteiger partial charge in [-0.25, -0.2) is 4.39 Å². The molecule has 4 atom stereocenters. The Morgan fingerprint density at radius 2 is 2.19 bits per heavy atom. The molecular weight excluding hydrogens is 271 g/mol. The molecule has 114 valence electrons. The van der Waals surface area contributed by atoms with Gasteiger partial charge in [-0.1, -0.05) is 24.3 Å². The van der Waals surface area contributed by atoms with Crippen molar-refractivity contribution in [2.24, 2.45) is 5.73 Å². The van der Waals surface area contributed by atoms with Gasteiger partial charge in [-0.3, -0.25) is 4.79 Å². The molecule has 1 aromatic rings. The molecule has 2 N–H and O–H groups in total. The van der Waals surface area contributed by atoms with Gasteiger partial charge in [0.2, 0.25) is 0 Å². The molecule has 21 heavy (non-hydrogen) atoms. The number of carbonyl (C=O) groups is 1. The van der Waals surface area contributed by atoms with Crippen molar-refractivity contribution in [2.45, 2.75) is 44.1 Å². The third kappa shape index (κ3) is 2.68. The molecule has 0 bridgehead atoms. The molecule has 0 unspecified atom stereocenters. The second kappa shape index (κ2) is 5.73. The molecule has 2 aliphatic heterocycles. The third-order valence-electron chi connectivity index (χ3n) is 4.56. The number of alkyl halides is 1. The Morgan fingerprint density at radius 3 is 2.95 bits per heavy atom. The number of nitrogens with two attached hydrogens (primary N) is 1. The van der Waals surface area contributed by atoms with E-state index in [1.165, 1.54) is 11.1 Å². The number of hydrogen-bond acceptors (Lipinski definition) is 3. The maximum Gasteiger partial charge on any atom is 0.252 e. The van der Waals surface area contributed by atoms with Gasteiger partial charge in [0.15, 0.2) is 0 Å². The van der Waals surface area contributed by atoms with Crippen LogP contribution in [0.1, 0.15) is 30.5 Å². The van der Waals surface area contributed by atoms with E-state index in [0.717, 1.165) is 6.42 Å². The predicted molar refractivity (Wildman–Crippen MR) is 77.5 cm³/mol. The second-order valence-corrected chi connectivity index (χ2v) is 5.89. The number of rotatable bonds is 1. The van der Waals surface area contributed by atoms with E-state index in [-0.39, 0.29) is 25.0 Å². The quantitative estimate of drug-likeness (QED) is 0.855. The third-order valence-corrected chi connectivity index (χ3v) is 4.56. The molecule has 1 fully saturated rings. The largest absolute Gasteiger partial charge is 0.365 e. The van der Waals surface area contributed by atoms with E-state index >= 15 is 0 Å². The predicted octanol–water partition coefficient (Wildman–Crippen LogP) is 1.59. The monoisotopic (exact) mass is 292 g/mol. The summed E-state index contributed by atoms with van der Waals surface area (Å²) in [7, 11) is 0. The molecule has 0 spiro atoms. The van der Waals surface area contributed by atoms with Crippen LogP contribution >= 0.6 is 0 Å². The lowest BCUT2D eigenvalue weighted by atomic mass is 9.92. The van der Waals surface area contributed by atoms with E-state index in [0.29, 0.717) is 6.54 Å². The van der Waals surface area contributed by atoms with E-state index < -0.39 is 18.3 Å². The van der Waals surface area contributed by atoms with Gasteiger partial charge in [0.1, 0.15) is 12.3 Å². The van der Waals surface area contributed by atoms with Crippen molar-refractivity contribution in [3.63, 3.8) is 0 Å². The Kier molecular flexibility index (Phi) is 3.95. The number of carbonyl (C=O) groups excluding carboxylic acids is 1. The van der Waals surface area contributed by atoms with Crippen LogP contribution < -0.4 is 5.73 Å². The van der Waals surface area contributed by atoms with Gasteiger partial charge in [-0.2, -0.15) is 0 Å². The number of hydrogen-bond donors (Lipinski definition) is 1. The second-order valence-electron chi connectivity index (χ2n) is 5.89. The van der Waals surface area contributed by atoms with Crippen LogP contribution in [0.25, 0.3) is 0 Å². The maximum absolute atomic E-state index is 13.4. The molecule has 5 heteroatoms. The molecule has 1 aromatic carbocycles. The Hall–Kier alpha value is -1.46. The molecule has 1 amide bonds. The molecule has 0 saturated carbocycles. The lowest BCUT2D eigenvalue weighted by Crippen LogP contribution is -2.52. The van der Waals surface area contributed by atoms with Crippen LogP contribution in [0.3, 0.4) is 0 Å². The van der Waals surface area contributed by atoms with E-state index in [2.05, 4.69) is 12.1 Å². The summed E-state index contributed by atoms with van der Waals surface area (Å²) in [6, 6.07) is 7.58. The number of amides is 1. The van der Waals surface area contributed by atoms with Crippen LogP contribution in [0.2, 0.25) is 0 Å². The molecule has 0 aromatic heterocycles. The first-order valence-electron chi connectivity index (χ1n) is 7.47. The molecular formula is C16H21FN2O2. The van der Waals surface area contributed by atoms with Crippen molar-refractivity contribution in [2.75, 3.05) is 13.2 Å². The lowest BCUT2D eigenvalue weighted by Gasteiger charge is -2.39. The summed E-state index contributed by atoms with van der Waals surface area (Å²) < 4.78 is 18.7. The molecule has 4 nitrogen and oxygen atoms in total. The lowest BCUT2D eigenvalue weighted by molar-refractivity contribution is -0.152. The summed E-state index contributed by atoms with van der Waals surface area (Å²) in [6.07, 6.45) is -0.685. The van der Waals surface area contributed by atoms with Gasteiger partial charge >= 0.3 is 0 Å².